The van der Waals surface area contributed by atoms with E-state index in [4.69, 9.17) is 5.73 Å². The topological polar surface area (TPSA) is 26.0 Å². The fourth-order valence-electron chi connectivity index (χ4n) is 2.25. The average Bonchev–Trinajstić information content (AvgIpc) is 2.65. The minimum atomic E-state index is 0.384. The van der Waals surface area contributed by atoms with Crippen LogP contribution in [-0.2, 0) is 0 Å². The number of hydrogen-bond acceptors (Lipinski definition) is 2. The van der Waals surface area contributed by atoms with Gasteiger partial charge in [0.1, 0.15) is 0 Å². The Kier molecular flexibility index (Phi) is 3.14. The highest BCUT2D eigenvalue weighted by Crippen LogP contribution is 2.33. The van der Waals surface area contributed by atoms with Crippen LogP contribution in [0.5, 0.6) is 0 Å². The molecule has 0 heterocycles. The molecule has 0 aliphatic heterocycles. The van der Waals surface area contributed by atoms with E-state index in [1.54, 1.807) is 11.8 Å². The van der Waals surface area contributed by atoms with Gasteiger partial charge < -0.3 is 5.73 Å². The maximum Gasteiger partial charge on any atom is 0.0108 e. The van der Waals surface area contributed by atoms with Crippen molar-refractivity contribution >= 4 is 11.8 Å². The molecule has 2 rings (SSSR count). The van der Waals surface area contributed by atoms with E-state index in [1.165, 1.54) is 29.7 Å². The third-order valence-corrected chi connectivity index (χ3v) is 3.86. The van der Waals surface area contributed by atoms with Crippen molar-refractivity contribution in [3.8, 4) is 0 Å². The first kappa shape index (κ1) is 10.1. The molecule has 0 unspecified atom stereocenters. The smallest absolute Gasteiger partial charge is 0.0108 e. The van der Waals surface area contributed by atoms with Gasteiger partial charge in [0.15, 0.2) is 0 Å². The monoisotopic (exact) mass is 207 g/mol. The van der Waals surface area contributed by atoms with Gasteiger partial charge in [-0.25, -0.2) is 0 Å². The van der Waals surface area contributed by atoms with Crippen LogP contribution < -0.4 is 5.73 Å². The van der Waals surface area contributed by atoms with E-state index in [0.29, 0.717) is 12.0 Å². The van der Waals surface area contributed by atoms with E-state index >= 15 is 0 Å². The van der Waals surface area contributed by atoms with Crippen LogP contribution in [0.3, 0.4) is 0 Å². The number of benzene rings is 1. The SMILES string of the molecule is CSc1ccc([C@H]2CCC[C@@H]2N)cc1. The van der Waals surface area contributed by atoms with Gasteiger partial charge >= 0.3 is 0 Å². The zero-order valence-electron chi connectivity index (χ0n) is 8.57. The van der Waals surface area contributed by atoms with Gasteiger partial charge in [0.2, 0.25) is 0 Å². The van der Waals surface area contributed by atoms with Gasteiger partial charge in [-0.15, -0.1) is 11.8 Å². The Morgan fingerprint density at radius 1 is 1.21 bits per heavy atom. The minimum absolute atomic E-state index is 0.384. The van der Waals surface area contributed by atoms with Crippen molar-refractivity contribution < 1.29 is 0 Å². The number of thioether (sulfide) groups is 1. The Bertz CT molecular complexity index is 294. The summed E-state index contributed by atoms with van der Waals surface area (Å²) >= 11 is 1.79. The fourth-order valence-corrected chi connectivity index (χ4v) is 2.66. The molecule has 0 saturated heterocycles. The molecule has 1 aliphatic rings. The summed E-state index contributed by atoms with van der Waals surface area (Å²) in [7, 11) is 0. The summed E-state index contributed by atoms with van der Waals surface area (Å²) in [6, 6.07) is 9.26. The van der Waals surface area contributed by atoms with Crippen LogP contribution >= 0.6 is 11.8 Å². The molecule has 0 aromatic heterocycles. The van der Waals surface area contributed by atoms with Crippen LogP contribution in [-0.4, -0.2) is 12.3 Å². The zero-order valence-corrected chi connectivity index (χ0v) is 9.39. The standard InChI is InChI=1S/C12H17NS/c1-14-10-7-5-9(6-8-10)11-3-2-4-12(11)13/h5-8,11-12H,2-4,13H2,1H3/t11-,12+/m1/s1. The third-order valence-electron chi connectivity index (χ3n) is 3.11. The maximum atomic E-state index is 6.08. The molecule has 14 heavy (non-hydrogen) atoms. The second kappa shape index (κ2) is 4.37. The highest BCUT2D eigenvalue weighted by molar-refractivity contribution is 7.98. The summed E-state index contributed by atoms with van der Waals surface area (Å²) in [5.41, 5.74) is 7.50. The Morgan fingerprint density at radius 2 is 1.93 bits per heavy atom. The van der Waals surface area contributed by atoms with E-state index in [0.717, 1.165) is 0 Å². The largest absolute Gasteiger partial charge is 0.327 e. The summed E-state index contributed by atoms with van der Waals surface area (Å²) in [4.78, 5) is 1.33. The molecule has 0 amide bonds. The van der Waals surface area contributed by atoms with E-state index in [-0.39, 0.29) is 0 Å². The predicted octanol–water partition coefficient (Wildman–Crippen LogP) is 3.00. The van der Waals surface area contributed by atoms with Gasteiger partial charge in [-0.1, -0.05) is 18.6 Å². The lowest BCUT2D eigenvalue weighted by atomic mass is 9.95. The molecule has 1 fully saturated rings. The highest BCUT2D eigenvalue weighted by Gasteiger charge is 2.24. The van der Waals surface area contributed by atoms with Crippen molar-refractivity contribution in [3.05, 3.63) is 29.8 Å². The molecule has 2 atom stereocenters. The highest BCUT2D eigenvalue weighted by atomic mass is 32.2. The first-order chi connectivity index (χ1) is 6.81. The quantitative estimate of drug-likeness (QED) is 0.754. The van der Waals surface area contributed by atoms with Crippen molar-refractivity contribution in [3.63, 3.8) is 0 Å². The normalized spacial score (nSPS) is 26.7. The molecule has 2 N–H and O–H groups in total. The molecule has 76 valence electrons. The first-order valence-electron chi connectivity index (χ1n) is 5.21. The Balaban J connectivity index is 2.16. The van der Waals surface area contributed by atoms with E-state index in [1.807, 2.05) is 0 Å². The summed E-state index contributed by atoms with van der Waals surface area (Å²) in [5, 5.41) is 0. The van der Waals surface area contributed by atoms with Gasteiger partial charge in [-0.2, -0.15) is 0 Å². The Labute approximate surface area is 90.1 Å². The fraction of sp³-hybridized carbons (Fsp3) is 0.500. The summed E-state index contributed by atoms with van der Waals surface area (Å²) in [6.07, 6.45) is 5.85. The minimum Gasteiger partial charge on any atom is -0.327 e. The summed E-state index contributed by atoms with van der Waals surface area (Å²) in [6.45, 7) is 0. The lowest BCUT2D eigenvalue weighted by Gasteiger charge is -2.15. The molecule has 1 aromatic rings. The Morgan fingerprint density at radius 3 is 2.43 bits per heavy atom. The maximum absolute atomic E-state index is 6.08. The van der Waals surface area contributed by atoms with Crippen molar-refractivity contribution in [2.24, 2.45) is 5.73 Å². The molecule has 1 aliphatic carbocycles. The molecule has 0 bridgehead atoms. The second-order valence-electron chi connectivity index (χ2n) is 3.97. The first-order valence-corrected chi connectivity index (χ1v) is 6.43. The zero-order chi connectivity index (χ0) is 9.97. The van der Waals surface area contributed by atoms with Crippen LogP contribution in [0.4, 0.5) is 0 Å². The molecule has 0 spiro atoms. The summed E-state index contributed by atoms with van der Waals surface area (Å²) < 4.78 is 0. The molecule has 1 aromatic carbocycles. The van der Waals surface area contributed by atoms with Gasteiger partial charge in [-0.3, -0.25) is 0 Å². The van der Waals surface area contributed by atoms with Gasteiger partial charge in [0.05, 0.1) is 0 Å². The number of rotatable bonds is 2. The van der Waals surface area contributed by atoms with E-state index in [2.05, 4.69) is 30.5 Å². The van der Waals surface area contributed by atoms with Crippen LogP contribution in [0, 0.1) is 0 Å². The molecular weight excluding hydrogens is 190 g/mol. The lowest BCUT2D eigenvalue weighted by molar-refractivity contribution is 0.613. The predicted molar refractivity (Wildman–Crippen MR) is 62.8 cm³/mol. The Hall–Kier alpha value is -0.470. The van der Waals surface area contributed by atoms with Crippen LogP contribution in [0.1, 0.15) is 30.7 Å². The van der Waals surface area contributed by atoms with Crippen LogP contribution in [0.2, 0.25) is 0 Å². The van der Waals surface area contributed by atoms with Crippen molar-refractivity contribution in [2.45, 2.75) is 36.1 Å². The number of hydrogen-bond donors (Lipinski definition) is 1. The lowest BCUT2D eigenvalue weighted by Crippen LogP contribution is -2.22. The third kappa shape index (κ3) is 1.96. The van der Waals surface area contributed by atoms with Crippen molar-refractivity contribution in [2.75, 3.05) is 6.26 Å². The summed E-state index contributed by atoms with van der Waals surface area (Å²) in [5.74, 6) is 0.603. The number of nitrogens with two attached hydrogens (primary N) is 1. The van der Waals surface area contributed by atoms with Crippen molar-refractivity contribution in [1.82, 2.24) is 0 Å². The van der Waals surface area contributed by atoms with E-state index < -0.39 is 0 Å². The van der Waals surface area contributed by atoms with E-state index in [9.17, 15) is 0 Å². The second-order valence-corrected chi connectivity index (χ2v) is 4.85. The molecule has 2 heteroatoms. The molecular formula is C12H17NS. The molecule has 1 nitrogen and oxygen atoms in total. The van der Waals surface area contributed by atoms with Gasteiger partial charge in [0.25, 0.3) is 0 Å². The van der Waals surface area contributed by atoms with Crippen LogP contribution in [0.25, 0.3) is 0 Å². The molecule has 0 radical (unpaired) electrons. The van der Waals surface area contributed by atoms with Gasteiger partial charge in [0, 0.05) is 10.9 Å². The van der Waals surface area contributed by atoms with Crippen molar-refractivity contribution in [1.29, 1.82) is 0 Å². The van der Waals surface area contributed by atoms with Gasteiger partial charge in [-0.05, 0) is 42.7 Å². The average molecular weight is 207 g/mol. The van der Waals surface area contributed by atoms with Crippen LogP contribution in [0.15, 0.2) is 29.2 Å². The molecule has 1 saturated carbocycles.